The van der Waals surface area contributed by atoms with E-state index in [9.17, 15) is 13.2 Å². The zero-order valence-corrected chi connectivity index (χ0v) is 11.0. The molecule has 0 saturated heterocycles. The van der Waals surface area contributed by atoms with Crippen molar-refractivity contribution in [1.82, 2.24) is 14.7 Å². The summed E-state index contributed by atoms with van der Waals surface area (Å²) < 4.78 is 38.3. The molecular weight excluding hydrogens is 279 g/mol. The lowest BCUT2D eigenvalue weighted by molar-refractivity contribution is -0.139. The number of hydrogen-bond donors (Lipinski definition) is 1. The van der Waals surface area contributed by atoms with E-state index in [1.807, 2.05) is 0 Å². The first-order valence-electron chi connectivity index (χ1n) is 5.77. The van der Waals surface area contributed by atoms with Gasteiger partial charge in [-0.15, -0.1) is 0 Å². The van der Waals surface area contributed by atoms with E-state index in [2.05, 4.69) is 10.3 Å². The van der Waals surface area contributed by atoms with E-state index in [0.717, 1.165) is 0 Å². The average Bonchev–Trinajstić information content (AvgIpc) is 2.66. The van der Waals surface area contributed by atoms with Crippen LogP contribution in [0.4, 0.5) is 13.2 Å². The van der Waals surface area contributed by atoms with Crippen LogP contribution in [0.25, 0.3) is 5.65 Å². The van der Waals surface area contributed by atoms with Gasteiger partial charge in [-0.3, -0.25) is 0 Å². The molecule has 2 aromatic rings. The van der Waals surface area contributed by atoms with Crippen LogP contribution in [-0.2, 0) is 6.54 Å². The Morgan fingerprint density at radius 2 is 2.11 bits per heavy atom. The second-order valence-electron chi connectivity index (χ2n) is 4.45. The standard InChI is InChI=1S/C12H13ClF3N3/c1-8(4-12(14,15)16)17-5-10-7-19-6-9(13)2-3-11(19)18-10/h2-3,6-8,17H,4-5H2,1H3. The molecule has 3 nitrogen and oxygen atoms in total. The van der Waals surface area contributed by atoms with Gasteiger partial charge in [0.15, 0.2) is 0 Å². The van der Waals surface area contributed by atoms with Gasteiger partial charge >= 0.3 is 6.18 Å². The van der Waals surface area contributed by atoms with Gasteiger partial charge in [-0.1, -0.05) is 11.6 Å². The summed E-state index contributed by atoms with van der Waals surface area (Å²) in [5, 5.41) is 3.38. The first kappa shape index (κ1) is 14.1. The number of alkyl halides is 3. The Hall–Kier alpha value is -1.27. The van der Waals surface area contributed by atoms with E-state index < -0.39 is 18.6 Å². The maximum atomic E-state index is 12.2. The second-order valence-corrected chi connectivity index (χ2v) is 4.88. The van der Waals surface area contributed by atoms with Crippen molar-refractivity contribution in [3.05, 3.63) is 35.2 Å². The molecule has 0 amide bonds. The highest BCUT2D eigenvalue weighted by Gasteiger charge is 2.29. The highest BCUT2D eigenvalue weighted by molar-refractivity contribution is 6.30. The maximum Gasteiger partial charge on any atom is 0.390 e. The Morgan fingerprint density at radius 3 is 2.79 bits per heavy atom. The molecule has 0 fully saturated rings. The molecule has 0 aliphatic carbocycles. The maximum absolute atomic E-state index is 12.2. The van der Waals surface area contributed by atoms with Crippen molar-refractivity contribution in [2.24, 2.45) is 0 Å². The Balaban J connectivity index is 1.98. The first-order chi connectivity index (χ1) is 8.83. The van der Waals surface area contributed by atoms with E-state index in [1.54, 1.807) is 28.9 Å². The molecule has 7 heteroatoms. The highest BCUT2D eigenvalue weighted by Crippen LogP contribution is 2.21. The minimum absolute atomic E-state index is 0.288. The molecule has 1 unspecified atom stereocenters. The van der Waals surface area contributed by atoms with E-state index in [4.69, 9.17) is 11.6 Å². The molecular formula is C12H13ClF3N3. The summed E-state index contributed by atoms with van der Waals surface area (Å²) in [5.41, 5.74) is 1.39. The molecule has 0 bridgehead atoms. The van der Waals surface area contributed by atoms with Crippen LogP contribution >= 0.6 is 11.6 Å². The number of nitrogens with zero attached hydrogens (tertiary/aromatic N) is 2. The zero-order valence-electron chi connectivity index (χ0n) is 10.2. The summed E-state index contributed by atoms with van der Waals surface area (Å²) >= 11 is 5.84. The molecule has 0 aromatic carbocycles. The molecule has 19 heavy (non-hydrogen) atoms. The number of halogens is 4. The van der Waals surface area contributed by atoms with Crippen molar-refractivity contribution in [2.75, 3.05) is 0 Å². The van der Waals surface area contributed by atoms with Crippen molar-refractivity contribution in [2.45, 2.75) is 32.1 Å². The fourth-order valence-electron chi connectivity index (χ4n) is 1.80. The van der Waals surface area contributed by atoms with Crippen molar-refractivity contribution in [1.29, 1.82) is 0 Å². The fraction of sp³-hybridized carbons (Fsp3) is 0.417. The van der Waals surface area contributed by atoms with Gasteiger partial charge in [-0.2, -0.15) is 13.2 Å². The Kier molecular flexibility index (Phi) is 4.01. The zero-order chi connectivity index (χ0) is 14.0. The molecule has 0 aliphatic heterocycles. The molecule has 2 rings (SSSR count). The number of imidazole rings is 1. The molecule has 0 radical (unpaired) electrons. The van der Waals surface area contributed by atoms with Crippen LogP contribution in [0.2, 0.25) is 5.02 Å². The van der Waals surface area contributed by atoms with Crippen LogP contribution in [0.1, 0.15) is 19.0 Å². The minimum atomic E-state index is -4.15. The van der Waals surface area contributed by atoms with Crippen LogP contribution in [0.3, 0.4) is 0 Å². The predicted octanol–water partition coefficient (Wildman–Crippen LogP) is 3.42. The SMILES string of the molecule is CC(CC(F)(F)F)NCc1cn2cc(Cl)ccc2n1. The van der Waals surface area contributed by atoms with Gasteiger partial charge in [-0.25, -0.2) is 4.98 Å². The highest BCUT2D eigenvalue weighted by atomic mass is 35.5. The van der Waals surface area contributed by atoms with Crippen LogP contribution in [0, 0.1) is 0 Å². The third kappa shape index (κ3) is 4.11. The van der Waals surface area contributed by atoms with E-state index in [1.165, 1.54) is 6.92 Å². The van der Waals surface area contributed by atoms with Gasteiger partial charge in [0.1, 0.15) is 5.65 Å². The molecule has 0 saturated carbocycles. The number of nitrogens with one attached hydrogen (secondary N) is 1. The number of aromatic nitrogens is 2. The smallest absolute Gasteiger partial charge is 0.308 e. The van der Waals surface area contributed by atoms with Gasteiger partial charge in [0.25, 0.3) is 0 Å². The van der Waals surface area contributed by atoms with Gasteiger partial charge in [0, 0.05) is 25.0 Å². The van der Waals surface area contributed by atoms with Gasteiger partial charge in [0.05, 0.1) is 17.1 Å². The van der Waals surface area contributed by atoms with Crippen LogP contribution in [0.15, 0.2) is 24.5 Å². The monoisotopic (exact) mass is 291 g/mol. The molecule has 1 atom stereocenters. The lowest BCUT2D eigenvalue weighted by Crippen LogP contribution is -2.30. The third-order valence-electron chi connectivity index (χ3n) is 2.63. The predicted molar refractivity (Wildman–Crippen MR) is 67.2 cm³/mol. The summed E-state index contributed by atoms with van der Waals surface area (Å²) in [6, 6.07) is 2.83. The van der Waals surface area contributed by atoms with Crippen molar-refractivity contribution in [3.63, 3.8) is 0 Å². The first-order valence-corrected chi connectivity index (χ1v) is 6.14. The van der Waals surface area contributed by atoms with E-state index >= 15 is 0 Å². The number of pyridine rings is 1. The lowest BCUT2D eigenvalue weighted by atomic mass is 10.2. The van der Waals surface area contributed by atoms with Crippen LogP contribution in [0.5, 0.6) is 0 Å². The largest absolute Gasteiger partial charge is 0.390 e. The topological polar surface area (TPSA) is 29.3 Å². The third-order valence-corrected chi connectivity index (χ3v) is 2.86. The molecule has 0 aliphatic rings. The number of fused-ring (bicyclic) bond motifs is 1. The molecule has 2 aromatic heterocycles. The second kappa shape index (κ2) is 5.38. The summed E-state index contributed by atoms with van der Waals surface area (Å²) in [6.45, 7) is 1.79. The van der Waals surface area contributed by atoms with Crippen molar-refractivity contribution >= 4 is 17.2 Å². The van der Waals surface area contributed by atoms with E-state index in [-0.39, 0.29) is 6.54 Å². The summed E-state index contributed by atoms with van der Waals surface area (Å²) in [5.74, 6) is 0. The quantitative estimate of drug-likeness (QED) is 0.935. The summed E-state index contributed by atoms with van der Waals surface area (Å²) in [4.78, 5) is 4.28. The van der Waals surface area contributed by atoms with Crippen molar-refractivity contribution in [3.8, 4) is 0 Å². The minimum Gasteiger partial charge on any atom is -0.308 e. The molecule has 1 N–H and O–H groups in total. The Morgan fingerprint density at radius 1 is 1.37 bits per heavy atom. The molecule has 0 spiro atoms. The molecule has 2 heterocycles. The average molecular weight is 292 g/mol. The molecule has 104 valence electrons. The Labute approximate surface area is 113 Å². The lowest BCUT2D eigenvalue weighted by Gasteiger charge is -2.14. The fourth-order valence-corrected chi connectivity index (χ4v) is 1.97. The van der Waals surface area contributed by atoms with Gasteiger partial charge in [0.2, 0.25) is 0 Å². The Bertz CT molecular complexity index is 565. The number of hydrogen-bond acceptors (Lipinski definition) is 2. The van der Waals surface area contributed by atoms with Crippen LogP contribution < -0.4 is 5.32 Å². The van der Waals surface area contributed by atoms with Gasteiger partial charge < -0.3 is 9.72 Å². The normalized spacial score (nSPS) is 13.9. The summed E-state index contributed by atoms with van der Waals surface area (Å²) in [7, 11) is 0. The van der Waals surface area contributed by atoms with Crippen LogP contribution in [-0.4, -0.2) is 21.6 Å². The summed E-state index contributed by atoms with van der Waals surface area (Å²) in [6.07, 6.45) is -1.56. The van der Waals surface area contributed by atoms with Gasteiger partial charge in [-0.05, 0) is 19.1 Å². The van der Waals surface area contributed by atoms with Crippen molar-refractivity contribution < 1.29 is 13.2 Å². The number of rotatable bonds is 4. The van der Waals surface area contributed by atoms with E-state index in [0.29, 0.717) is 16.4 Å².